The molecule has 0 saturated heterocycles. The summed E-state index contributed by atoms with van der Waals surface area (Å²) in [7, 11) is -2.50. The van der Waals surface area contributed by atoms with Crippen LogP contribution < -0.4 is 14.4 Å². The number of amides is 1. The second-order valence-electron chi connectivity index (χ2n) is 9.03. The number of nitrogens with one attached hydrogen (secondary N) is 1. The molecule has 0 saturated carbocycles. The van der Waals surface area contributed by atoms with Crippen LogP contribution in [0.25, 0.3) is 0 Å². The van der Waals surface area contributed by atoms with E-state index in [-0.39, 0.29) is 29.0 Å². The molecule has 4 aromatic carbocycles. The van der Waals surface area contributed by atoms with Gasteiger partial charge in [0.15, 0.2) is 0 Å². The number of anilines is 1. The van der Waals surface area contributed by atoms with Crippen molar-refractivity contribution in [2.45, 2.75) is 37.8 Å². The Labute approximate surface area is 225 Å². The summed E-state index contributed by atoms with van der Waals surface area (Å²) in [6, 6.07) is 30.2. The van der Waals surface area contributed by atoms with E-state index < -0.39 is 10.0 Å². The molecule has 0 bridgehead atoms. The van der Waals surface area contributed by atoms with Gasteiger partial charge < -0.3 is 10.1 Å². The molecule has 196 valence electrons. The third-order valence-corrected chi connectivity index (χ3v) is 8.20. The lowest BCUT2D eigenvalue weighted by molar-refractivity contribution is 0.0936. The number of methoxy groups -OCH3 is 1. The fraction of sp³-hybridized carbons (Fsp3) is 0.194. The van der Waals surface area contributed by atoms with Crippen LogP contribution in [-0.2, 0) is 16.6 Å². The Morgan fingerprint density at radius 2 is 1.50 bits per heavy atom. The summed E-state index contributed by atoms with van der Waals surface area (Å²) < 4.78 is 34.5. The molecule has 0 aliphatic heterocycles. The third-order valence-electron chi connectivity index (χ3n) is 6.43. The van der Waals surface area contributed by atoms with E-state index in [2.05, 4.69) is 5.32 Å². The molecule has 4 rings (SSSR count). The summed E-state index contributed by atoms with van der Waals surface area (Å²) in [6.45, 7) is 4.09. The Kier molecular flexibility index (Phi) is 8.48. The standard InChI is InChI=1S/C31H32N2O4S/c1-4-29(25-16-14-23(2)15-17-25)32-31(34)28-12-8-9-13-30(28)33(22-24-10-6-5-7-11-24)38(35,36)27-20-18-26(37-3)19-21-27/h5-21,29H,4,22H2,1-3H3,(H,32,34)/t29-/m1/s1. The molecule has 1 amide bonds. The van der Waals surface area contributed by atoms with Gasteiger partial charge in [0.05, 0.1) is 35.8 Å². The molecule has 0 fully saturated rings. The first kappa shape index (κ1) is 26.9. The van der Waals surface area contributed by atoms with Crippen molar-refractivity contribution in [1.29, 1.82) is 0 Å². The largest absolute Gasteiger partial charge is 0.497 e. The maximum absolute atomic E-state index is 14.0. The van der Waals surface area contributed by atoms with Gasteiger partial charge in [0.1, 0.15) is 5.75 Å². The minimum atomic E-state index is -4.03. The van der Waals surface area contributed by atoms with Crippen LogP contribution in [0.1, 0.15) is 46.4 Å². The lowest BCUT2D eigenvalue weighted by Gasteiger charge is -2.27. The van der Waals surface area contributed by atoms with Crippen LogP contribution in [-0.4, -0.2) is 21.4 Å². The van der Waals surface area contributed by atoms with Gasteiger partial charge in [0.25, 0.3) is 15.9 Å². The van der Waals surface area contributed by atoms with E-state index in [4.69, 9.17) is 4.74 Å². The molecule has 7 heteroatoms. The van der Waals surface area contributed by atoms with Crippen molar-refractivity contribution in [2.75, 3.05) is 11.4 Å². The molecular formula is C31H32N2O4S. The van der Waals surface area contributed by atoms with Crippen LogP contribution >= 0.6 is 0 Å². The number of nitrogens with zero attached hydrogens (tertiary/aromatic N) is 1. The number of benzene rings is 4. The van der Waals surface area contributed by atoms with Crippen LogP contribution in [0.4, 0.5) is 5.69 Å². The molecule has 0 heterocycles. The number of para-hydroxylation sites is 1. The van der Waals surface area contributed by atoms with Crippen LogP contribution in [0, 0.1) is 6.92 Å². The van der Waals surface area contributed by atoms with Crippen molar-refractivity contribution in [3.8, 4) is 5.75 Å². The average molecular weight is 529 g/mol. The van der Waals surface area contributed by atoms with Crippen molar-refractivity contribution in [2.24, 2.45) is 0 Å². The summed E-state index contributed by atoms with van der Waals surface area (Å²) in [5.41, 5.74) is 3.52. The molecule has 0 aliphatic rings. The van der Waals surface area contributed by atoms with Gasteiger partial charge in [0.2, 0.25) is 0 Å². The Morgan fingerprint density at radius 3 is 2.13 bits per heavy atom. The Bertz CT molecular complexity index is 1470. The first-order chi connectivity index (χ1) is 18.3. The van der Waals surface area contributed by atoms with E-state index in [9.17, 15) is 13.2 Å². The lowest BCUT2D eigenvalue weighted by atomic mass is 10.0. The van der Waals surface area contributed by atoms with Gasteiger partial charge in [-0.15, -0.1) is 0 Å². The van der Waals surface area contributed by atoms with Gasteiger partial charge in [-0.2, -0.15) is 0 Å². The van der Waals surface area contributed by atoms with Crippen molar-refractivity contribution < 1.29 is 17.9 Å². The SMILES string of the molecule is CC[C@@H](NC(=O)c1ccccc1N(Cc1ccccc1)S(=O)(=O)c1ccc(OC)cc1)c1ccc(C)cc1. The molecule has 4 aromatic rings. The zero-order valence-corrected chi connectivity index (χ0v) is 22.6. The lowest BCUT2D eigenvalue weighted by Crippen LogP contribution is -2.34. The van der Waals surface area contributed by atoms with Gasteiger partial charge in [-0.3, -0.25) is 9.10 Å². The smallest absolute Gasteiger partial charge is 0.264 e. The first-order valence-electron chi connectivity index (χ1n) is 12.5. The maximum atomic E-state index is 14.0. The number of ether oxygens (including phenoxy) is 1. The molecule has 0 aromatic heterocycles. The van der Waals surface area contributed by atoms with Crippen LogP contribution in [0.2, 0.25) is 0 Å². The van der Waals surface area contributed by atoms with Gasteiger partial charge in [0, 0.05) is 0 Å². The van der Waals surface area contributed by atoms with E-state index in [0.717, 1.165) is 16.7 Å². The number of sulfonamides is 1. The van der Waals surface area contributed by atoms with Crippen molar-refractivity contribution in [3.63, 3.8) is 0 Å². The molecule has 6 nitrogen and oxygen atoms in total. The van der Waals surface area contributed by atoms with Crippen molar-refractivity contribution >= 4 is 21.6 Å². The van der Waals surface area contributed by atoms with E-state index in [1.165, 1.54) is 23.5 Å². The topological polar surface area (TPSA) is 75.7 Å². The quantitative estimate of drug-likeness (QED) is 0.263. The monoisotopic (exact) mass is 528 g/mol. The van der Waals surface area contributed by atoms with E-state index >= 15 is 0 Å². The molecule has 0 spiro atoms. The highest BCUT2D eigenvalue weighted by Crippen LogP contribution is 2.31. The number of aryl methyl sites for hydroxylation is 1. The predicted octanol–water partition coefficient (Wildman–Crippen LogP) is 6.28. The zero-order valence-electron chi connectivity index (χ0n) is 21.8. The Balaban J connectivity index is 1.75. The summed E-state index contributed by atoms with van der Waals surface area (Å²) in [5.74, 6) is 0.219. The highest BCUT2D eigenvalue weighted by Gasteiger charge is 2.29. The van der Waals surface area contributed by atoms with Gasteiger partial charge in [-0.25, -0.2) is 8.42 Å². The van der Waals surface area contributed by atoms with E-state index in [1.54, 1.807) is 36.4 Å². The molecule has 38 heavy (non-hydrogen) atoms. The van der Waals surface area contributed by atoms with Crippen molar-refractivity contribution in [1.82, 2.24) is 5.32 Å². The van der Waals surface area contributed by atoms with Gasteiger partial charge >= 0.3 is 0 Å². The second kappa shape index (κ2) is 12.0. The van der Waals surface area contributed by atoms with Gasteiger partial charge in [-0.1, -0.05) is 79.2 Å². The fourth-order valence-electron chi connectivity index (χ4n) is 4.26. The molecule has 0 radical (unpaired) electrons. The maximum Gasteiger partial charge on any atom is 0.264 e. The number of carbonyl (C=O) groups excluding carboxylic acids is 1. The third kappa shape index (κ3) is 6.06. The highest BCUT2D eigenvalue weighted by atomic mass is 32.2. The number of rotatable bonds is 10. The molecular weight excluding hydrogens is 496 g/mol. The normalized spacial score (nSPS) is 12.0. The summed E-state index contributed by atoms with van der Waals surface area (Å²) in [5, 5.41) is 3.11. The summed E-state index contributed by atoms with van der Waals surface area (Å²) >= 11 is 0. The molecule has 1 N–H and O–H groups in total. The second-order valence-corrected chi connectivity index (χ2v) is 10.9. The van der Waals surface area contributed by atoms with Gasteiger partial charge in [-0.05, 0) is 60.9 Å². The predicted molar refractivity (Wildman–Crippen MR) is 151 cm³/mol. The van der Waals surface area contributed by atoms with Crippen LogP contribution in [0.15, 0.2) is 108 Å². The number of carbonyl (C=O) groups is 1. The van der Waals surface area contributed by atoms with E-state index in [0.29, 0.717) is 17.9 Å². The first-order valence-corrected chi connectivity index (χ1v) is 13.9. The Hall–Kier alpha value is -4.10. The minimum Gasteiger partial charge on any atom is -0.497 e. The molecule has 1 atom stereocenters. The fourth-order valence-corrected chi connectivity index (χ4v) is 5.73. The van der Waals surface area contributed by atoms with Crippen LogP contribution in [0.5, 0.6) is 5.75 Å². The summed E-state index contributed by atoms with van der Waals surface area (Å²) in [4.78, 5) is 13.7. The highest BCUT2D eigenvalue weighted by molar-refractivity contribution is 7.92. The molecule has 0 aliphatic carbocycles. The molecule has 0 unspecified atom stereocenters. The Morgan fingerprint density at radius 1 is 0.868 bits per heavy atom. The minimum absolute atomic E-state index is 0.0642. The zero-order chi connectivity index (χ0) is 27.1. The van der Waals surface area contributed by atoms with Crippen molar-refractivity contribution in [3.05, 3.63) is 125 Å². The summed E-state index contributed by atoms with van der Waals surface area (Å²) in [6.07, 6.45) is 0.689. The number of hydrogen-bond acceptors (Lipinski definition) is 4. The van der Waals surface area contributed by atoms with E-state index in [1.807, 2.05) is 68.4 Å². The number of hydrogen-bond donors (Lipinski definition) is 1. The van der Waals surface area contributed by atoms with Crippen LogP contribution in [0.3, 0.4) is 0 Å². The average Bonchev–Trinajstić information content (AvgIpc) is 2.95.